The van der Waals surface area contributed by atoms with E-state index in [1.807, 2.05) is 32.0 Å². The number of carbonyl (C=O) groups is 1. The Balaban J connectivity index is 2.94. The summed E-state index contributed by atoms with van der Waals surface area (Å²) in [6.07, 6.45) is 0. The summed E-state index contributed by atoms with van der Waals surface area (Å²) in [7, 11) is 3.76. The molecule has 3 nitrogen and oxygen atoms in total. The third-order valence-corrected chi connectivity index (χ3v) is 2.85. The average Bonchev–Trinajstić information content (AvgIpc) is 2.27. The van der Waals surface area contributed by atoms with Crippen LogP contribution in [-0.2, 0) is 0 Å². The molecule has 0 unspecified atom stereocenters. The predicted molar refractivity (Wildman–Crippen MR) is 70.8 cm³/mol. The molecule has 1 aromatic heterocycles. The van der Waals surface area contributed by atoms with E-state index in [2.05, 4.69) is 4.98 Å². The monoisotopic (exact) mass is 246 g/mol. The lowest BCUT2D eigenvalue weighted by Crippen LogP contribution is -2.11. The van der Waals surface area contributed by atoms with Crippen molar-refractivity contribution in [2.75, 3.05) is 19.0 Å². The molecule has 0 bridgehead atoms. The molecule has 18 heavy (non-hydrogen) atoms. The minimum atomic E-state index is -0.415. The van der Waals surface area contributed by atoms with Gasteiger partial charge in [-0.15, -0.1) is 0 Å². The summed E-state index contributed by atoms with van der Waals surface area (Å²) in [6, 6.07) is 4.55. The first-order valence-corrected chi connectivity index (χ1v) is 5.69. The number of nitrogens with zero attached hydrogens (tertiary/aromatic N) is 2. The molecule has 0 spiro atoms. The highest BCUT2D eigenvalue weighted by Crippen LogP contribution is 2.28. The number of hydrogen-bond acceptors (Lipinski definition) is 3. The topological polar surface area (TPSA) is 33.2 Å². The van der Waals surface area contributed by atoms with Crippen molar-refractivity contribution >= 4 is 22.4 Å². The second kappa shape index (κ2) is 4.37. The Labute approximate surface area is 105 Å². The van der Waals surface area contributed by atoms with Crippen LogP contribution >= 0.6 is 0 Å². The molecule has 0 atom stereocenters. The van der Waals surface area contributed by atoms with Crippen LogP contribution < -0.4 is 4.90 Å². The highest BCUT2D eigenvalue weighted by Gasteiger charge is 2.14. The number of fused-ring (bicyclic) bond motifs is 1. The van der Waals surface area contributed by atoms with Crippen molar-refractivity contribution < 1.29 is 9.18 Å². The van der Waals surface area contributed by atoms with Gasteiger partial charge in [-0.2, -0.15) is 0 Å². The van der Waals surface area contributed by atoms with Gasteiger partial charge in [0.1, 0.15) is 5.82 Å². The summed E-state index contributed by atoms with van der Waals surface area (Å²) in [5.74, 6) is -0.594. The van der Waals surface area contributed by atoms with E-state index in [1.165, 1.54) is 19.1 Å². The molecule has 0 fully saturated rings. The second-order valence-corrected chi connectivity index (χ2v) is 4.58. The lowest BCUT2D eigenvalue weighted by Gasteiger charge is -2.17. The minimum Gasteiger partial charge on any atom is -0.377 e. The van der Waals surface area contributed by atoms with Crippen molar-refractivity contribution in [2.45, 2.75) is 13.8 Å². The van der Waals surface area contributed by atoms with E-state index in [0.717, 1.165) is 11.4 Å². The summed E-state index contributed by atoms with van der Waals surface area (Å²) in [6.45, 7) is 3.28. The zero-order valence-electron chi connectivity index (χ0n) is 10.9. The third kappa shape index (κ3) is 2.06. The molecule has 2 rings (SSSR count). The maximum atomic E-state index is 13.6. The fraction of sp³-hybridized carbons (Fsp3) is 0.286. The van der Waals surface area contributed by atoms with E-state index in [9.17, 15) is 9.18 Å². The van der Waals surface area contributed by atoms with E-state index in [-0.39, 0.29) is 5.78 Å². The highest BCUT2D eigenvalue weighted by atomic mass is 19.1. The first-order valence-electron chi connectivity index (χ1n) is 5.69. The van der Waals surface area contributed by atoms with Crippen molar-refractivity contribution in [2.24, 2.45) is 0 Å². The fourth-order valence-electron chi connectivity index (χ4n) is 2.04. The standard InChI is InChI=1S/C14H15FN2O/c1-8-5-13(17(3)4)12-7-10(15)6-11(9(2)18)14(12)16-8/h5-7H,1-4H3. The number of benzene rings is 1. The van der Waals surface area contributed by atoms with E-state index >= 15 is 0 Å². The van der Waals surface area contributed by atoms with Gasteiger partial charge in [0, 0.05) is 36.4 Å². The summed E-state index contributed by atoms with van der Waals surface area (Å²) in [4.78, 5) is 17.8. The maximum Gasteiger partial charge on any atom is 0.162 e. The van der Waals surface area contributed by atoms with Gasteiger partial charge in [-0.05, 0) is 32.0 Å². The number of Topliss-reactive ketones (excluding diaryl/α,β-unsaturated/α-hetero) is 1. The molecular formula is C14H15FN2O. The number of rotatable bonds is 2. The number of aryl methyl sites for hydroxylation is 1. The highest BCUT2D eigenvalue weighted by molar-refractivity contribution is 6.08. The average molecular weight is 246 g/mol. The molecule has 1 heterocycles. The van der Waals surface area contributed by atoms with Crippen molar-refractivity contribution in [3.8, 4) is 0 Å². The van der Waals surface area contributed by atoms with Crippen LogP contribution in [0.5, 0.6) is 0 Å². The van der Waals surface area contributed by atoms with E-state index in [0.29, 0.717) is 16.5 Å². The Morgan fingerprint density at radius 3 is 2.50 bits per heavy atom. The number of hydrogen-bond donors (Lipinski definition) is 0. The van der Waals surface area contributed by atoms with Crippen LogP contribution in [0.1, 0.15) is 23.0 Å². The quantitative estimate of drug-likeness (QED) is 0.764. The van der Waals surface area contributed by atoms with E-state index in [4.69, 9.17) is 0 Å². The minimum absolute atomic E-state index is 0.178. The largest absolute Gasteiger partial charge is 0.377 e. The van der Waals surface area contributed by atoms with Crippen LogP contribution in [0.15, 0.2) is 18.2 Å². The van der Waals surface area contributed by atoms with Crippen molar-refractivity contribution in [3.05, 3.63) is 35.3 Å². The van der Waals surface area contributed by atoms with Crippen LogP contribution in [0.3, 0.4) is 0 Å². The van der Waals surface area contributed by atoms with Gasteiger partial charge in [0.25, 0.3) is 0 Å². The van der Waals surface area contributed by atoms with Gasteiger partial charge in [0.15, 0.2) is 5.78 Å². The molecule has 0 aliphatic rings. The van der Waals surface area contributed by atoms with Crippen molar-refractivity contribution in [3.63, 3.8) is 0 Å². The molecule has 4 heteroatoms. The first-order chi connectivity index (χ1) is 8.40. The summed E-state index contributed by atoms with van der Waals surface area (Å²) < 4.78 is 13.6. The Hall–Kier alpha value is -1.97. The summed E-state index contributed by atoms with van der Waals surface area (Å²) in [5, 5.41) is 0.663. The van der Waals surface area contributed by atoms with Gasteiger partial charge in [-0.25, -0.2) is 4.39 Å². The molecule has 94 valence electrons. The number of ketones is 1. The van der Waals surface area contributed by atoms with Crippen LogP contribution in [0.4, 0.5) is 10.1 Å². The van der Waals surface area contributed by atoms with Crippen molar-refractivity contribution in [1.29, 1.82) is 0 Å². The molecular weight excluding hydrogens is 231 g/mol. The van der Waals surface area contributed by atoms with Crippen LogP contribution in [0.25, 0.3) is 10.9 Å². The van der Waals surface area contributed by atoms with E-state index < -0.39 is 5.82 Å². The zero-order valence-corrected chi connectivity index (χ0v) is 10.9. The van der Waals surface area contributed by atoms with Gasteiger partial charge in [0.05, 0.1) is 5.52 Å². The summed E-state index contributed by atoms with van der Waals surface area (Å²) in [5.41, 5.74) is 2.56. The van der Waals surface area contributed by atoms with Crippen LogP contribution in [0, 0.1) is 12.7 Å². The number of carbonyl (C=O) groups excluding carboxylic acids is 1. The number of halogens is 1. The number of anilines is 1. The van der Waals surface area contributed by atoms with Gasteiger partial charge in [-0.1, -0.05) is 0 Å². The van der Waals surface area contributed by atoms with Crippen molar-refractivity contribution in [1.82, 2.24) is 4.98 Å². The number of pyridine rings is 1. The van der Waals surface area contributed by atoms with Gasteiger partial charge in [0.2, 0.25) is 0 Å². The molecule has 0 radical (unpaired) electrons. The first kappa shape index (κ1) is 12.5. The van der Waals surface area contributed by atoms with Crippen LogP contribution in [-0.4, -0.2) is 24.9 Å². The molecule has 0 aliphatic carbocycles. The predicted octanol–water partition coefficient (Wildman–Crippen LogP) is 2.95. The molecule has 1 aromatic carbocycles. The van der Waals surface area contributed by atoms with Gasteiger partial charge >= 0.3 is 0 Å². The normalized spacial score (nSPS) is 10.7. The van der Waals surface area contributed by atoms with Gasteiger partial charge < -0.3 is 4.90 Å². The van der Waals surface area contributed by atoms with Gasteiger partial charge in [-0.3, -0.25) is 9.78 Å². The molecule has 0 aliphatic heterocycles. The lowest BCUT2D eigenvalue weighted by atomic mass is 10.0. The Kier molecular flexibility index (Phi) is 3.03. The molecule has 2 aromatic rings. The SMILES string of the molecule is CC(=O)c1cc(F)cc2c(N(C)C)cc(C)nc12. The Morgan fingerprint density at radius 1 is 1.28 bits per heavy atom. The second-order valence-electron chi connectivity index (χ2n) is 4.58. The smallest absolute Gasteiger partial charge is 0.162 e. The van der Waals surface area contributed by atoms with Crippen LogP contribution in [0.2, 0.25) is 0 Å². The Morgan fingerprint density at radius 2 is 1.94 bits per heavy atom. The molecule has 0 N–H and O–H groups in total. The Bertz CT molecular complexity index is 635. The zero-order chi connectivity index (χ0) is 13.4. The summed E-state index contributed by atoms with van der Waals surface area (Å²) >= 11 is 0. The molecule has 0 saturated carbocycles. The maximum absolute atomic E-state index is 13.6. The third-order valence-electron chi connectivity index (χ3n) is 2.85. The molecule has 0 saturated heterocycles. The van der Waals surface area contributed by atoms with E-state index in [1.54, 1.807) is 0 Å². The fourth-order valence-corrected chi connectivity index (χ4v) is 2.04. The molecule has 0 amide bonds. The number of aromatic nitrogens is 1. The lowest BCUT2D eigenvalue weighted by molar-refractivity contribution is 0.101.